The molecule has 0 spiro atoms. The highest BCUT2D eigenvalue weighted by molar-refractivity contribution is 5.75. The maximum atomic E-state index is 12.9. The van der Waals surface area contributed by atoms with Crippen molar-refractivity contribution >= 4 is 6.03 Å². The lowest BCUT2D eigenvalue weighted by Crippen LogP contribution is -2.39. The van der Waals surface area contributed by atoms with E-state index < -0.39 is 0 Å². The van der Waals surface area contributed by atoms with E-state index in [4.69, 9.17) is 4.52 Å². The Morgan fingerprint density at radius 1 is 1.26 bits per heavy atom. The van der Waals surface area contributed by atoms with E-state index in [1.165, 1.54) is 0 Å². The number of urea groups is 1. The van der Waals surface area contributed by atoms with Gasteiger partial charge in [-0.1, -0.05) is 30.3 Å². The van der Waals surface area contributed by atoms with Crippen LogP contribution < -0.4 is 5.32 Å². The van der Waals surface area contributed by atoms with Crippen LogP contribution in [0.4, 0.5) is 4.79 Å². The van der Waals surface area contributed by atoms with Crippen LogP contribution in [0.1, 0.15) is 47.7 Å². The van der Waals surface area contributed by atoms with Gasteiger partial charge in [-0.2, -0.15) is 5.10 Å². The molecule has 0 radical (unpaired) electrons. The second kappa shape index (κ2) is 6.90. The summed E-state index contributed by atoms with van der Waals surface area (Å²) in [6.07, 6.45) is 2.62. The molecule has 1 unspecified atom stereocenters. The SMILES string of the molecule is CCC(NC(=O)N1Cc2cnn(-c3ccccc3)c2C1)c1c(C)noc1C. The van der Waals surface area contributed by atoms with E-state index in [9.17, 15) is 4.79 Å². The van der Waals surface area contributed by atoms with Crippen molar-refractivity contribution in [3.05, 3.63) is 64.8 Å². The maximum absolute atomic E-state index is 12.9. The lowest BCUT2D eigenvalue weighted by atomic mass is 10.0. The number of benzene rings is 1. The van der Waals surface area contributed by atoms with Crippen molar-refractivity contribution < 1.29 is 9.32 Å². The minimum Gasteiger partial charge on any atom is -0.361 e. The van der Waals surface area contributed by atoms with Gasteiger partial charge < -0.3 is 14.7 Å². The van der Waals surface area contributed by atoms with Crippen LogP contribution in [0.25, 0.3) is 5.69 Å². The third kappa shape index (κ3) is 3.09. The number of fused-ring (bicyclic) bond motifs is 1. The predicted octanol–water partition coefficient (Wildman–Crippen LogP) is 3.65. The van der Waals surface area contributed by atoms with Gasteiger partial charge >= 0.3 is 6.03 Å². The van der Waals surface area contributed by atoms with Crippen LogP contribution in [0.2, 0.25) is 0 Å². The molecule has 7 heteroatoms. The third-order valence-corrected chi connectivity index (χ3v) is 5.09. The highest BCUT2D eigenvalue weighted by Crippen LogP contribution is 2.27. The third-order valence-electron chi connectivity index (χ3n) is 5.09. The minimum absolute atomic E-state index is 0.0855. The molecule has 3 heterocycles. The van der Waals surface area contributed by atoms with Crippen molar-refractivity contribution in [3.8, 4) is 5.69 Å². The first kappa shape index (κ1) is 17.3. The quantitative estimate of drug-likeness (QED) is 0.766. The molecule has 0 saturated carbocycles. The van der Waals surface area contributed by atoms with Crippen molar-refractivity contribution in [1.82, 2.24) is 25.2 Å². The van der Waals surface area contributed by atoms with Gasteiger partial charge in [-0.25, -0.2) is 9.48 Å². The summed E-state index contributed by atoms with van der Waals surface area (Å²) in [5.41, 5.74) is 4.94. The first-order valence-corrected chi connectivity index (χ1v) is 9.18. The number of hydrogen-bond donors (Lipinski definition) is 1. The van der Waals surface area contributed by atoms with Gasteiger partial charge in [-0.15, -0.1) is 0 Å². The zero-order valence-corrected chi connectivity index (χ0v) is 15.8. The van der Waals surface area contributed by atoms with Crippen molar-refractivity contribution in [3.63, 3.8) is 0 Å². The maximum Gasteiger partial charge on any atom is 0.318 e. The monoisotopic (exact) mass is 365 g/mol. The fourth-order valence-electron chi connectivity index (χ4n) is 3.69. The molecule has 1 aliphatic rings. The molecule has 7 nitrogen and oxygen atoms in total. The number of nitrogens with zero attached hydrogens (tertiary/aromatic N) is 4. The zero-order chi connectivity index (χ0) is 19.0. The molecule has 27 heavy (non-hydrogen) atoms. The molecule has 0 fully saturated rings. The lowest BCUT2D eigenvalue weighted by Gasteiger charge is -2.22. The zero-order valence-electron chi connectivity index (χ0n) is 15.8. The Balaban J connectivity index is 1.50. The van der Waals surface area contributed by atoms with E-state index in [0.29, 0.717) is 13.1 Å². The van der Waals surface area contributed by atoms with Gasteiger partial charge in [0.15, 0.2) is 0 Å². The number of nitrogens with one attached hydrogen (secondary N) is 1. The summed E-state index contributed by atoms with van der Waals surface area (Å²) in [7, 11) is 0. The molecule has 1 aliphatic heterocycles. The Kier molecular flexibility index (Phi) is 4.43. The number of rotatable bonds is 4. The Morgan fingerprint density at radius 2 is 2.04 bits per heavy atom. The Morgan fingerprint density at radius 3 is 2.70 bits per heavy atom. The standard InChI is InChI=1S/C20H23N5O2/c1-4-17(19-13(2)23-27-14(19)3)22-20(26)24-11-15-10-21-25(18(15)12-24)16-8-6-5-7-9-16/h5-10,17H,4,11-12H2,1-3H3,(H,22,26). The smallest absolute Gasteiger partial charge is 0.318 e. The van der Waals surface area contributed by atoms with Gasteiger partial charge in [-0.3, -0.25) is 0 Å². The number of aromatic nitrogens is 3. The molecule has 3 aromatic rings. The highest BCUT2D eigenvalue weighted by Gasteiger charge is 2.30. The number of hydrogen-bond acceptors (Lipinski definition) is 4. The first-order chi connectivity index (χ1) is 13.1. The van der Waals surface area contributed by atoms with Crippen LogP contribution in [-0.2, 0) is 13.1 Å². The summed E-state index contributed by atoms with van der Waals surface area (Å²) in [5.74, 6) is 0.754. The molecular weight excluding hydrogens is 342 g/mol. The van der Waals surface area contributed by atoms with Crippen molar-refractivity contribution in [2.24, 2.45) is 0 Å². The van der Waals surface area contributed by atoms with E-state index in [2.05, 4.69) is 15.6 Å². The largest absolute Gasteiger partial charge is 0.361 e. The van der Waals surface area contributed by atoms with E-state index in [1.54, 1.807) is 0 Å². The number of amides is 2. The van der Waals surface area contributed by atoms with Crippen LogP contribution in [0.5, 0.6) is 0 Å². The molecule has 2 amide bonds. The average molecular weight is 365 g/mol. The molecule has 4 rings (SSSR count). The van der Waals surface area contributed by atoms with Crippen LogP contribution in [-0.4, -0.2) is 25.9 Å². The minimum atomic E-state index is -0.113. The van der Waals surface area contributed by atoms with E-state index >= 15 is 0 Å². The van der Waals surface area contributed by atoms with Crippen LogP contribution in [0.15, 0.2) is 41.1 Å². The van der Waals surface area contributed by atoms with E-state index in [1.807, 2.05) is 66.9 Å². The number of aryl methyl sites for hydroxylation is 2. The van der Waals surface area contributed by atoms with Crippen molar-refractivity contribution in [1.29, 1.82) is 0 Å². The summed E-state index contributed by atoms with van der Waals surface area (Å²) in [6.45, 7) is 6.92. The number of para-hydroxylation sites is 1. The summed E-state index contributed by atoms with van der Waals surface area (Å²) in [4.78, 5) is 14.7. The first-order valence-electron chi connectivity index (χ1n) is 9.18. The molecule has 0 bridgehead atoms. The molecule has 2 aromatic heterocycles. The summed E-state index contributed by atoms with van der Waals surface area (Å²) >= 11 is 0. The molecular formula is C20H23N5O2. The summed E-state index contributed by atoms with van der Waals surface area (Å²) < 4.78 is 7.17. The summed E-state index contributed by atoms with van der Waals surface area (Å²) in [5, 5.41) is 11.6. The Bertz CT molecular complexity index is 941. The predicted molar refractivity (Wildman–Crippen MR) is 100 cm³/mol. The molecule has 1 N–H and O–H groups in total. The Hall–Kier alpha value is -3.09. The summed E-state index contributed by atoms with van der Waals surface area (Å²) in [6, 6.07) is 9.78. The van der Waals surface area contributed by atoms with Gasteiger partial charge in [0.2, 0.25) is 0 Å². The van der Waals surface area contributed by atoms with Gasteiger partial charge in [0.1, 0.15) is 5.76 Å². The molecule has 0 saturated heterocycles. The van der Waals surface area contributed by atoms with Gasteiger partial charge in [-0.05, 0) is 32.4 Å². The van der Waals surface area contributed by atoms with E-state index in [0.717, 1.165) is 40.4 Å². The fraction of sp³-hybridized carbons (Fsp3) is 0.350. The van der Waals surface area contributed by atoms with Gasteiger partial charge in [0.05, 0.1) is 42.4 Å². The molecule has 1 atom stereocenters. The average Bonchev–Trinajstić information content (AvgIpc) is 3.35. The fourth-order valence-corrected chi connectivity index (χ4v) is 3.69. The van der Waals surface area contributed by atoms with Crippen molar-refractivity contribution in [2.45, 2.75) is 46.3 Å². The molecule has 0 aliphatic carbocycles. The van der Waals surface area contributed by atoms with E-state index in [-0.39, 0.29) is 12.1 Å². The number of carbonyl (C=O) groups is 1. The van der Waals surface area contributed by atoms with Crippen LogP contribution in [0.3, 0.4) is 0 Å². The second-order valence-corrected chi connectivity index (χ2v) is 6.87. The molecule has 140 valence electrons. The lowest BCUT2D eigenvalue weighted by molar-refractivity contribution is 0.193. The molecule has 1 aromatic carbocycles. The van der Waals surface area contributed by atoms with Crippen LogP contribution in [0, 0.1) is 13.8 Å². The van der Waals surface area contributed by atoms with Gasteiger partial charge in [0, 0.05) is 11.1 Å². The van der Waals surface area contributed by atoms with Crippen LogP contribution >= 0.6 is 0 Å². The number of carbonyl (C=O) groups excluding carboxylic acids is 1. The topological polar surface area (TPSA) is 76.2 Å². The normalized spacial score (nSPS) is 14.3. The second-order valence-electron chi connectivity index (χ2n) is 6.87. The highest BCUT2D eigenvalue weighted by atomic mass is 16.5. The Labute approximate surface area is 158 Å². The van der Waals surface area contributed by atoms with Gasteiger partial charge in [0.25, 0.3) is 0 Å². The van der Waals surface area contributed by atoms with Crippen molar-refractivity contribution in [2.75, 3.05) is 0 Å².